The maximum absolute atomic E-state index is 5.45. The van der Waals surface area contributed by atoms with Crippen LogP contribution in [0.3, 0.4) is 0 Å². The molecular formula is C12H19N3O. The number of aromatic nitrogens is 2. The predicted octanol–water partition coefficient (Wildman–Crippen LogP) is 1.98. The minimum absolute atomic E-state index is 0.218. The van der Waals surface area contributed by atoms with Gasteiger partial charge in [0, 0.05) is 11.5 Å². The fourth-order valence-electron chi connectivity index (χ4n) is 2.64. The molecule has 4 heteroatoms. The third-order valence-electron chi connectivity index (χ3n) is 4.19. The van der Waals surface area contributed by atoms with Gasteiger partial charge in [0.2, 0.25) is 5.89 Å². The number of hydrogen-bond acceptors (Lipinski definition) is 4. The van der Waals surface area contributed by atoms with E-state index < -0.39 is 0 Å². The average molecular weight is 221 g/mol. The summed E-state index contributed by atoms with van der Waals surface area (Å²) < 4.78 is 5.45. The van der Waals surface area contributed by atoms with E-state index in [1.165, 1.54) is 32.1 Å². The Hall–Kier alpha value is -0.900. The van der Waals surface area contributed by atoms with Crippen LogP contribution in [0.4, 0.5) is 0 Å². The van der Waals surface area contributed by atoms with Crippen LogP contribution in [-0.4, -0.2) is 23.2 Å². The first-order valence-electron chi connectivity index (χ1n) is 6.24. The van der Waals surface area contributed by atoms with Crippen molar-refractivity contribution in [2.45, 2.75) is 56.4 Å². The second-order valence-corrected chi connectivity index (χ2v) is 5.45. The number of nitrogens with one attached hydrogen (secondary N) is 1. The Balaban J connectivity index is 1.81. The Bertz CT molecular complexity index is 383. The second kappa shape index (κ2) is 3.55. The Morgan fingerprint density at radius 3 is 2.88 bits per heavy atom. The number of hydrogen-bond donors (Lipinski definition) is 1. The molecule has 1 N–H and O–H groups in total. The standard InChI is InChI=1S/C12H19N3O/c1-12(6-7-12)11-14-10(16-15-11)8-4-3-5-9(8)13-2/h8-9,13H,3-7H2,1-2H3. The van der Waals surface area contributed by atoms with Gasteiger partial charge in [-0.2, -0.15) is 4.98 Å². The van der Waals surface area contributed by atoms with Gasteiger partial charge in [-0.15, -0.1) is 0 Å². The van der Waals surface area contributed by atoms with Crippen LogP contribution in [0.15, 0.2) is 4.52 Å². The molecule has 0 radical (unpaired) electrons. The molecule has 2 aliphatic rings. The lowest BCUT2D eigenvalue weighted by Crippen LogP contribution is -2.27. The fourth-order valence-corrected chi connectivity index (χ4v) is 2.64. The summed E-state index contributed by atoms with van der Waals surface area (Å²) in [4.78, 5) is 4.61. The Labute approximate surface area is 95.8 Å². The monoisotopic (exact) mass is 221 g/mol. The molecule has 0 bridgehead atoms. The molecule has 0 aromatic carbocycles. The molecule has 16 heavy (non-hydrogen) atoms. The molecule has 2 aliphatic carbocycles. The largest absolute Gasteiger partial charge is 0.339 e. The van der Waals surface area contributed by atoms with Crippen molar-refractivity contribution in [2.75, 3.05) is 7.05 Å². The Morgan fingerprint density at radius 1 is 1.38 bits per heavy atom. The molecule has 2 fully saturated rings. The minimum Gasteiger partial charge on any atom is -0.339 e. The van der Waals surface area contributed by atoms with Crippen molar-refractivity contribution >= 4 is 0 Å². The first-order valence-corrected chi connectivity index (χ1v) is 6.24. The predicted molar refractivity (Wildman–Crippen MR) is 60.3 cm³/mol. The zero-order valence-corrected chi connectivity index (χ0v) is 9.99. The normalized spacial score (nSPS) is 31.9. The Kier molecular flexibility index (Phi) is 2.28. The van der Waals surface area contributed by atoms with E-state index >= 15 is 0 Å². The first-order chi connectivity index (χ1) is 7.73. The van der Waals surface area contributed by atoms with Crippen LogP contribution < -0.4 is 5.32 Å². The summed E-state index contributed by atoms with van der Waals surface area (Å²) >= 11 is 0. The first kappa shape index (κ1) is 10.3. The lowest BCUT2D eigenvalue weighted by atomic mass is 10.0. The van der Waals surface area contributed by atoms with Crippen molar-refractivity contribution in [1.82, 2.24) is 15.5 Å². The van der Waals surface area contributed by atoms with Gasteiger partial charge in [-0.1, -0.05) is 18.5 Å². The number of likely N-dealkylation sites (N-methyl/N-ethyl adjacent to an activating group) is 1. The van der Waals surface area contributed by atoms with Gasteiger partial charge in [-0.05, 0) is 32.7 Å². The molecule has 0 spiro atoms. The molecular weight excluding hydrogens is 202 g/mol. The summed E-state index contributed by atoms with van der Waals surface area (Å²) in [7, 11) is 2.02. The molecule has 1 aromatic rings. The van der Waals surface area contributed by atoms with E-state index in [4.69, 9.17) is 4.52 Å². The van der Waals surface area contributed by atoms with Crippen LogP contribution in [0.25, 0.3) is 0 Å². The van der Waals surface area contributed by atoms with Crippen molar-refractivity contribution in [3.8, 4) is 0 Å². The van der Waals surface area contributed by atoms with Crippen LogP contribution in [0, 0.1) is 0 Å². The summed E-state index contributed by atoms with van der Waals surface area (Å²) in [5, 5.41) is 7.50. The molecule has 1 aromatic heterocycles. The molecule has 0 amide bonds. The molecule has 4 nitrogen and oxygen atoms in total. The molecule has 3 rings (SSSR count). The highest BCUT2D eigenvalue weighted by molar-refractivity contribution is 5.15. The minimum atomic E-state index is 0.218. The topological polar surface area (TPSA) is 51.0 Å². The molecule has 2 atom stereocenters. The quantitative estimate of drug-likeness (QED) is 0.848. The van der Waals surface area contributed by atoms with Crippen LogP contribution in [-0.2, 0) is 5.41 Å². The summed E-state index contributed by atoms with van der Waals surface area (Å²) in [6.45, 7) is 2.21. The van der Waals surface area contributed by atoms with Crippen molar-refractivity contribution < 1.29 is 4.52 Å². The van der Waals surface area contributed by atoms with Crippen LogP contribution >= 0.6 is 0 Å². The van der Waals surface area contributed by atoms with E-state index in [0.717, 1.165) is 11.7 Å². The van der Waals surface area contributed by atoms with Gasteiger partial charge in [0.05, 0.1) is 5.92 Å². The molecule has 1 heterocycles. The summed E-state index contributed by atoms with van der Waals surface area (Å²) in [6.07, 6.45) is 6.04. The lowest BCUT2D eigenvalue weighted by molar-refractivity contribution is 0.330. The van der Waals surface area contributed by atoms with E-state index in [1.54, 1.807) is 0 Å². The smallest absolute Gasteiger partial charge is 0.231 e. The summed E-state index contributed by atoms with van der Waals surface area (Å²) in [5.74, 6) is 2.19. The van der Waals surface area contributed by atoms with Crippen LogP contribution in [0.1, 0.15) is 56.7 Å². The van der Waals surface area contributed by atoms with E-state index in [9.17, 15) is 0 Å². The molecule has 0 aliphatic heterocycles. The zero-order valence-electron chi connectivity index (χ0n) is 9.99. The Morgan fingerprint density at radius 2 is 2.19 bits per heavy atom. The summed E-state index contributed by atoms with van der Waals surface area (Å²) in [6, 6.07) is 0.514. The van der Waals surface area contributed by atoms with E-state index in [-0.39, 0.29) is 5.41 Å². The SMILES string of the molecule is CNC1CCCC1c1nc(C2(C)CC2)no1. The zero-order chi connectivity index (χ0) is 11.2. The maximum Gasteiger partial charge on any atom is 0.231 e. The highest BCUT2D eigenvalue weighted by Gasteiger charge is 2.44. The molecule has 0 saturated heterocycles. The van der Waals surface area contributed by atoms with Crippen molar-refractivity contribution in [1.29, 1.82) is 0 Å². The third kappa shape index (κ3) is 1.56. The molecule has 88 valence electrons. The van der Waals surface area contributed by atoms with Gasteiger partial charge < -0.3 is 9.84 Å². The lowest BCUT2D eigenvalue weighted by Gasteiger charge is -2.14. The van der Waals surface area contributed by atoms with Gasteiger partial charge in [-0.3, -0.25) is 0 Å². The van der Waals surface area contributed by atoms with E-state index in [1.807, 2.05) is 7.05 Å². The fraction of sp³-hybridized carbons (Fsp3) is 0.833. The number of nitrogens with zero attached hydrogens (tertiary/aromatic N) is 2. The van der Waals surface area contributed by atoms with Gasteiger partial charge in [0.1, 0.15) is 0 Å². The van der Waals surface area contributed by atoms with Crippen LogP contribution in [0.5, 0.6) is 0 Å². The van der Waals surface area contributed by atoms with Crippen LogP contribution in [0.2, 0.25) is 0 Å². The van der Waals surface area contributed by atoms with E-state index in [2.05, 4.69) is 22.4 Å². The maximum atomic E-state index is 5.45. The van der Waals surface area contributed by atoms with Crippen molar-refractivity contribution in [3.63, 3.8) is 0 Å². The van der Waals surface area contributed by atoms with Gasteiger partial charge in [-0.25, -0.2) is 0 Å². The van der Waals surface area contributed by atoms with Gasteiger partial charge in [0.25, 0.3) is 0 Å². The average Bonchev–Trinajstić information content (AvgIpc) is 2.78. The molecule has 2 unspecified atom stereocenters. The van der Waals surface area contributed by atoms with Crippen molar-refractivity contribution in [3.05, 3.63) is 11.7 Å². The molecule has 2 saturated carbocycles. The van der Waals surface area contributed by atoms with Crippen molar-refractivity contribution in [2.24, 2.45) is 0 Å². The van der Waals surface area contributed by atoms with Gasteiger partial charge in [0.15, 0.2) is 5.82 Å². The van der Waals surface area contributed by atoms with E-state index in [0.29, 0.717) is 12.0 Å². The number of rotatable bonds is 3. The third-order valence-corrected chi connectivity index (χ3v) is 4.19. The van der Waals surface area contributed by atoms with Gasteiger partial charge >= 0.3 is 0 Å². The highest BCUT2D eigenvalue weighted by atomic mass is 16.5. The summed E-state index contributed by atoms with van der Waals surface area (Å²) in [5.41, 5.74) is 0.218. The highest BCUT2D eigenvalue weighted by Crippen LogP contribution is 2.46. The second-order valence-electron chi connectivity index (χ2n) is 5.45.